The van der Waals surface area contributed by atoms with Crippen molar-refractivity contribution >= 4 is 17.6 Å². The lowest BCUT2D eigenvalue weighted by atomic mass is 9.86. The number of urea groups is 1. The molecule has 6 nitrogen and oxygen atoms in total. The first kappa shape index (κ1) is 13.7. The van der Waals surface area contributed by atoms with Gasteiger partial charge in [-0.1, -0.05) is 6.07 Å². The molecule has 1 aromatic carbocycles. The van der Waals surface area contributed by atoms with Gasteiger partial charge in [-0.15, -0.1) is 0 Å². The third kappa shape index (κ3) is 2.79. The van der Waals surface area contributed by atoms with Crippen molar-refractivity contribution in [1.82, 2.24) is 10.2 Å². The Labute approximate surface area is 123 Å². The van der Waals surface area contributed by atoms with E-state index in [9.17, 15) is 9.59 Å². The molecule has 112 valence electrons. The molecule has 0 aliphatic carbocycles. The highest BCUT2D eigenvalue weighted by Crippen LogP contribution is 2.36. The van der Waals surface area contributed by atoms with E-state index in [0.29, 0.717) is 37.5 Å². The zero-order valence-electron chi connectivity index (χ0n) is 12.0. The Bertz CT molecular complexity index is 575. The van der Waals surface area contributed by atoms with E-state index >= 15 is 0 Å². The predicted molar refractivity (Wildman–Crippen MR) is 78.3 cm³/mol. The molecular formula is C15H19N3O3. The van der Waals surface area contributed by atoms with E-state index in [0.717, 1.165) is 6.42 Å². The van der Waals surface area contributed by atoms with Crippen molar-refractivity contribution in [1.29, 1.82) is 0 Å². The summed E-state index contributed by atoms with van der Waals surface area (Å²) in [7, 11) is 1.59. The summed E-state index contributed by atoms with van der Waals surface area (Å²) in [5.74, 6) is 0.793. The van der Waals surface area contributed by atoms with Crippen molar-refractivity contribution in [2.45, 2.75) is 12.8 Å². The molecule has 2 heterocycles. The monoisotopic (exact) mass is 289 g/mol. The van der Waals surface area contributed by atoms with Gasteiger partial charge in [0.05, 0.1) is 7.11 Å². The van der Waals surface area contributed by atoms with Gasteiger partial charge < -0.3 is 20.3 Å². The van der Waals surface area contributed by atoms with Gasteiger partial charge in [-0.25, -0.2) is 4.79 Å². The molecule has 2 aliphatic rings. The van der Waals surface area contributed by atoms with Crippen molar-refractivity contribution in [3.63, 3.8) is 0 Å². The van der Waals surface area contributed by atoms with Gasteiger partial charge in [0.15, 0.2) is 0 Å². The van der Waals surface area contributed by atoms with E-state index in [1.807, 2.05) is 18.2 Å². The van der Waals surface area contributed by atoms with Crippen LogP contribution in [0.4, 0.5) is 10.5 Å². The molecule has 3 rings (SSSR count). The average molecular weight is 289 g/mol. The molecule has 0 bridgehead atoms. The van der Waals surface area contributed by atoms with Crippen LogP contribution in [0, 0.1) is 5.41 Å². The van der Waals surface area contributed by atoms with E-state index < -0.39 is 0 Å². The van der Waals surface area contributed by atoms with Crippen molar-refractivity contribution in [3.05, 3.63) is 24.3 Å². The van der Waals surface area contributed by atoms with Gasteiger partial charge in [-0.2, -0.15) is 0 Å². The highest BCUT2D eigenvalue weighted by molar-refractivity contribution is 5.90. The molecule has 1 atom stereocenters. The van der Waals surface area contributed by atoms with Crippen LogP contribution in [0.3, 0.4) is 0 Å². The van der Waals surface area contributed by atoms with Crippen LogP contribution in [0.1, 0.15) is 12.8 Å². The Morgan fingerprint density at radius 3 is 3.05 bits per heavy atom. The molecule has 2 N–H and O–H groups in total. The maximum atomic E-state index is 12.3. The van der Waals surface area contributed by atoms with E-state index in [-0.39, 0.29) is 17.4 Å². The van der Waals surface area contributed by atoms with Crippen LogP contribution in [0.2, 0.25) is 0 Å². The first-order chi connectivity index (χ1) is 10.1. The smallest absolute Gasteiger partial charge is 0.321 e. The highest BCUT2D eigenvalue weighted by atomic mass is 16.5. The number of hydrogen-bond donors (Lipinski definition) is 2. The maximum Gasteiger partial charge on any atom is 0.321 e. The number of methoxy groups -OCH3 is 1. The molecule has 0 saturated carbocycles. The number of likely N-dealkylation sites (tertiary alicyclic amines) is 1. The summed E-state index contributed by atoms with van der Waals surface area (Å²) in [6.45, 7) is 1.99. The van der Waals surface area contributed by atoms with Gasteiger partial charge >= 0.3 is 6.03 Å². The molecule has 3 amide bonds. The molecule has 2 aliphatic heterocycles. The molecule has 2 fully saturated rings. The normalized spacial score (nSPS) is 24.2. The van der Waals surface area contributed by atoms with Crippen molar-refractivity contribution < 1.29 is 14.3 Å². The SMILES string of the molecule is COc1cccc(NC(=O)N2CCC3(CNC(=O)C3)C2)c1. The average Bonchev–Trinajstić information content (AvgIpc) is 3.06. The summed E-state index contributed by atoms with van der Waals surface area (Å²) in [6, 6.07) is 7.15. The van der Waals surface area contributed by atoms with Crippen LogP contribution >= 0.6 is 0 Å². The minimum atomic E-state index is -0.125. The molecule has 0 radical (unpaired) electrons. The fraction of sp³-hybridized carbons (Fsp3) is 0.467. The lowest BCUT2D eigenvalue weighted by molar-refractivity contribution is -0.119. The third-order valence-corrected chi connectivity index (χ3v) is 4.24. The minimum Gasteiger partial charge on any atom is -0.497 e. The summed E-state index contributed by atoms with van der Waals surface area (Å²) in [4.78, 5) is 25.5. The van der Waals surface area contributed by atoms with Crippen LogP contribution in [0.15, 0.2) is 24.3 Å². The van der Waals surface area contributed by atoms with Gasteiger partial charge in [0, 0.05) is 43.2 Å². The van der Waals surface area contributed by atoms with E-state index in [1.54, 1.807) is 18.1 Å². The molecule has 0 aromatic heterocycles. The van der Waals surface area contributed by atoms with Gasteiger partial charge in [-0.05, 0) is 18.6 Å². The predicted octanol–water partition coefficient (Wildman–Crippen LogP) is 1.44. The van der Waals surface area contributed by atoms with Crippen molar-refractivity contribution in [3.8, 4) is 5.75 Å². The number of carbonyl (C=O) groups is 2. The summed E-state index contributed by atoms with van der Waals surface area (Å²) in [5.41, 5.74) is 0.643. The van der Waals surface area contributed by atoms with E-state index in [2.05, 4.69) is 10.6 Å². The summed E-state index contributed by atoms with van der Waals surface area (Å²) >= 11 is 0. The van der Waals surface area contributed by atoms with Crippen LogP contribution in [0.25, 0.3) is 0 Å². The fourth-order valence-electron chi connectivity index (χ4n) is 3.05. The standard InChI is InChI=1S/C15H19N3O3/c1-21-12-4-2-3-11(7-12)17-14(20)18-6-5-15(10-18)8-13(19)16-9-15/h2-4,7H,5-6,8-10H2,1H3,(H,16,19)(H,17,20). The third-order valence-electron chi connectivity index (χ3n) is 4.24. The number of rotatable bonds is 2. The van der Waals surface area contributed by atoms with Crippen LogP contribution in [-0.4, -0.2) is 43.6 Å². The van der Waals surface area contributed by atoms with Gasteiger partial charge in [0.25, 0.3) is 0 Å². The first-order valence-electron chi connectivity index (χ1n) is 7.07. The zero-order valence-corrected chi connectivity index (χ0v) is 12.0. The van der Waals surface area contributed by atoms with E-state index in [4.69, 9.17) is 4.74 Å². The number of carbonyl (C=O) groups excluding carboxylic acids is 2. The number of hydrogen-bond acceptors (Lipinski definition) is 3. The first-order valence-corrected chi connectivity index (χ1v) is 7.07. The minimum absolute atomic E-state index is 0.0667. The van der Waals surface area contributed by atoms with Crippen molar-refractivity contribution in [2.24, 2.45) is 5.41 Å². The lowest BCUT2D eigenvalue weighted by Gasteiger charge is -2.22. The Morgan fingerprint density at radius 1 is 1.48 bits per heavy atom. The molecule has 21 heavy (non-hydrogen) atoms. The second-order valence-electron chi connectivity index (χ2n) is 5.79. The van der Waals surface area contributed by atoms with Gasteiger partial charge in [-0.3, -0.25) is 4.79 Å². The molecule has 2 saturated heterocycles. The Kier molecular flexibility index (Phi) is 3.45. The molecule has 1 aromatic rings. The second-order valence-corrected chi connectivity index (χ2v) is 5.79. The zero-order chi connectivity index (χ0) is 14.9. The number of nitrogens with one attached hydrogen (secondary N) is 2. The summed E-state index contributed by atoms with van der Waals surface area (Å²) in [6.07, 6.45) is 1.40. The second kappa shape index (κ2) is 5.27. The maximum absolute atomic E-state index is 12.3. The quantitative estimate of drug-likeness (QED) is 0.865. The van der Waals surface area contributed by atoms with Crippen molar-refractivity contribution in [2.75, 3.05) is 32.1 Å². The largest absolute Gasteiger partial charge is 0.497 e. The van der Waals surface area contributed by atoms with E-state index in [1.165, 1.54) is 0 Å². The number of ether oxygens (including phenoxy) is 1. The Balaban J connectivity index is 1.62. The molecule has 1 spiro atoms. The Hall–Kier alpha value is -2.24. The fourth-order valence-corrected chi connectivity index (χ4v) is 3.05. The number of amides is 3. The molecular weight excluding hydrogens is 270 g/mol. The molecule has 6 heteroatoms. The van der Waals surface area contributed by atoms with Gasteiger partial charge in [0.2, 0.25) is 5.91 Å². The van der Waals surface area contributed by atoms with Gasteiger partial charge in [0.1, 0.15) is 5.75 Å². The topological polar surface area (TPSA) is 70.7 Å². The number of benzene rings is 1. The summed E-state index contributed by atoms with van der Waals surface area (Å²) in [5, 5.41) is 5.74. The number of anilines is 1. The number of nitrogens with zero attached hydrogens (tertiary/aromatic N) is 1. The molecule has 1 unspecified atom stereocenters. The highest BCUT2D eigenvalue weighted by Gasteiger charge is 2.45. The summed E-state index contributed by atoms with van der Waals surface area (Å²) < 4.78 is 5.14. The van der Waals surface area contributed by atoms with Crippen LogP contribution in [-0.2, 0) is 4.79 Å². The lowest BCUT2D eigenvalue weighted by Crippen LogP contribution is -2.36. The van der Waals surface area contributed by atoms with Crippen LogP contribution < -0.4 is 15.4 Å². The Morgan fingerprint density at radius 2 is 2.33 bits per heavy atom. The van der Waals surface area contributed by atoms with Crippen LogP contribution in [0.5, 0.6) is 5.75 Å².